The van der Waals surface area contributed by atoms with Crippen molar-refractivity contribution in [1.29, 1.82) is 0 Å². The van der Waals surface area contributed by atoms with E-state index in [4.69, 9.17) is 0 Å². The highest BCUT2D eigenvalue weighted by atomic mass is 16.3. The summed E-state index contributed by atoms with van der Waals surface area (Å²) in [7, 11) is 0. The Morgan fingerprint density at radius 1 is 1.18 bits per heavy atom. The number of rotatable bonds is 3. The Balaban J connectivity index is 2.83. The molecule has 11 heavy (non-hydrogen) atoms. The Morgan fingerprint density at radius 3 is 2.36 bits per heavy atom. The zero-order chi connectivity index (χ0) is 8.10. The van der Waals surface area contributed by atoms with Gasteiger partial charge in [-0.25, -0.2) is 5.11 Å². The maximum Gasteiger partial charge on any atom is 0.108 e. The van der Waals surface area contributed by atoms with Crippen LogP contribution in [-0.4, -0.2) is 0 Å². The predicted octanol–water partition coefficient (Wildman–Crippen LogP) is 2.57. The lowest BCUT2D eigenvalue weighted by Gasteiger charge is -2.03. The lowest BCUT2D eigenvalue weighted by molar-refractivity contribution is 0.177. The van der Waals surface area contributed by atoms with Crippen molar-refractivity contribution in [3.63, 3.8) is 0 Å². The molecule has 1 radical (unpaired) electrons. The van der Waals surface area contributed by atoms with Crippen LogP contribution in [-0.2, 0) is 18.1 Å². The van der Waals surface area contributed by atoms with E-state index in [0.29, 0.717) is 0 Å². The highest BCUT2D eigenvalue weighted by molar-refractivity contribution is 5.26. The van der Waals surface area contributed by atoms with Crippen molar-refractivity contribution in [3.05, 3.63) is 35.4 Å². The second-order valence-electron chi connectivity index (χ2n) is 2.66. The molecule has 1 aromatic rings. The Labute approximate surface area is 67.7 Å². The minimum absolute atomic E-state index is 0.0871. The molecule has 0 atom stereocenters. The first kappa shape index (κ1) is 8.28. The van der Waals surface area contributed by atoms with Crippen molar-refractivity contribution in [2.45, 2.75) is 26.4 Å². The molecule has 59 valence electrons. The molecule has 0 unspecified atom stereocenters. The third-order valence-electron chi connectivity index (χ3n) is 1.79. The molecule has 0 spiro atoms. The van der Waals surface area contributed by atoms with Gasteiger partial charge in [0.15, 0.2) is 0 Å². The first-order chi connectivity index (χ1) is 5.38. The van der Waals surface area contributed by atoms with Gasteiger partial charge in [0.25, 0.3) is 0 Å². The van der Waals surface area contributed by atoms with Crippen LogP contribution in [0.3, 0.4) is 0 Å². The molecule has 0 aromatic heterocycles. The van der Waals surface area contributed by atoms with E-state index < -0.39 is 0 Å². The van der Waals surface area contributed by atoms with Gasteiger partial charge in [-0.05, 0) is 17.5 Å². The van der Waals surface area contributed by atoms with Gasteiger partial charge in [0.1, 0.15) is 6.61 Å². The summed E-state index contributed by atoms with van der Waals surface area (Å²) in [5.74, 6) is 0. The number of hydrogen-bond donors (Lipinski definition) is 0. The van der Waals surface area contributed by atoms with E-state index >= 15 is 0 Å². The van der Waals surface area contributed by atoms with Gasteiger partial charge < -0.3 is 0 Å². The SMILES string of the molecule is CCCc1ccccc1C[O]. The van der Waals surface area contributed by atoms with E-state index in [1.165, 1.54) is 5.56 Å². The van der Waals surface area contributed by atoms with Crippen molar-refractivity contribution < 1.29 is 5.11 Å². The number of aryl methyl sites for hydroxylation is 1. The fourth-order valence-electron chi connectivity index (χ4n) is 1.21. The summed E-state index contributed by atoms with van der Waals surface area (Å²) in [4.78, 5) is 0. The molecule has 0 heterocycles. The molecule has 1 rings (SSSR count). The minimum Gasteiger partial charge on any atom is -0.232 e. The number of benzene rings is 1. The van der Waals surface area contributed by atoms with Crippen molar-refractivity contribution in [2.24, 2.45) is 0 Å². The fourth-order valence-corrected chi connectivity index (χ4v) is 1.21. The largest absolute Gasteiger partial charge is 0.232 e. The molecule has 0 amide bonds. The van der Waals surface area contributed by atoms with Crippen LogP contribution in [0.25, 0.3) is 0 Å². The molecule has 0 bridgehead atoms. The van der Waals surface area contributed by atoms with E-state index in [-0.39, 0.29) is 6.61 Å². The van der Waals surface area contributed by atoms with E-state index in [2.05, 4.69) is 6.92 Å². The summed E-state index contributed by atoms with van der Waals surface area (Å²) in [5, 5.41) is 10.6. The van der Waals surface area contributed by atoms with Gasteiger partial charge in [-0.2, -0.15) is 0 Å². The Morgan fingerprint density at radius 2 is 1.82 bits per heavy atom. The smallest absolute Gasteiger partial charge is 0.108 e. The topological polar surface area (TPSA) is 19.9 Å². The molecule has 0 saturated heterocycles. The van der Waals surface area contributed by atoms with Crippen LogP contribution in [0, 0.1) is 0 Å². The van der Waals surface area contributed by atoms with E-state index in [1.54, 1.807) is 0 Å². The lowest BCUT2D eigenvalue weighted by Crippen LogP contribution is -1.91. The Kier molecular flexibility index (Phi) is 3.12. The molecule has 0 aliphatic carbocycles. The minimum atomic E-state index is -0.0871. The van der Waals surface area contributed by atoms with Gasteiger partial charge in [-0.3, -0.25) is 0 Å². The van der Waals surface area contributed by atoms with Gasteiger partial charge in [-0.15, -0.1) is 0 Å². The summed E-state index contributed by atoms with van der Waals surface area (Å²) in [6.45, 7) is 2.04. The van der Waals surface area contributed by atoms with Crippen molar-refractivity contribution in [3.8, 4) is 0 Å². The second kappa shape index (κ2) is 4.14. The average Bonchev–Trinajstić information content (AvgIpc) is 2.06. The summed E-state index contributed by atoms with van der Waals surface area (Å²) in [6, 6.07) is 7.87. The first-order valence-electron chi connectivity index (χ1n) is 4.03. The predicted molar refractivity (Wildman–Crippen MR) is 44.8 cm³/mol. The molecule has 1 heteroatoms. The first-order valence-corrected chi connectivity index (χ1v) is 4.03. The summed E-state index contributed by atoms with van der Waals surface area (Å²) in [5.41, 5.74) is 2.17. The highest BCUT2D eigenvalue weighted by Gasteiger charge is 1.97. The molecule has 1 nitrogen and oxygen atoms in total. The quantitative estimate of drug-likeness (QED) is 0.629. The monoisotopic (exact) mass is 149 g/mol. The van der Waals surface area contributed by atoms with Gasteiger partial charge in [0, 0.05) is 0 Å². The molecular formula is C10H13O. The summed E-state index contributed by atoms with van der Waals surface area (Å²) < 4.78 is 0. The zero-order valence-corrected chi connectivity index (χ0v) is 6.84. The second-order valence-corrected chi connectivity index (χ2v) is 2.66. The van der Waals surface area contributed by atoms with Crippen LogP contribution < -0.4 is 0 Å². The van der Waals surface area contributed by atoms with Crippen LogP contribution in [0.1, 0.15) is 24.5 Å². The molecule has 0 aliphatic heterocycles. The van der Waals surface area contributed by atoms with Gasteiger partial charge >= 0.3 is 0 Å². The van der Waals surface area contributed by atoms with Crippen molar-refractivity contribution in [1.82, 2.24) is 0 Å². The Bertz CT molecular complexity index is 218. The fraction of sp³-hybridized carbons (Fsp3) is 0.400. The molecule has 0 saturated carbocycles. The molecule has 0 fully saturated rings. The van der Waals surface area contributed by atoms with E-state index in [0.717, 1.165) is 18.4 Å². The average molecular weight is 149 g/mol. The maximum atomic E-state index is 10.6. The van der Waals surface area contributed by atoms with E-state index in [9.17, 15) is 5.11 Å². The van der Waals surface area contributed by atoms with Crippen molar-refractivity contribution >= 4 is 0 Å². The van der Waals surface area contributed by atoms with Gasteiger partial charge in [-0.1, -0.05) is 37.6 Å². The number of hydrogen-bond acceptors (Lipinski definition) is 0. The zero-order valence-electron chi connectivity index (χ0n) is 6.84. The van der Waals surface area contributed by atoms with Crippen LogP contribution in [0.2, 0.25) is 0 Å². The van der Waals surface area contributed by atoms with Crippen LogP contribution in [0.4, 0.5) is 0 Å². The van der Waals surface area contributed by atoms with Crippen LogP contribution in [0.15, 0.2) is 24.3 Å². The van der Waals surface area contributed by atoms with Gasteiger partial charge in [0.2, 0.25) is 0 Å². The van der Waals surface area contributed by atoms with Crippen LogP contribution >= 0.6 is 0 Å². The lowest BCUT2D eigenvalue weighted by atomic mass is 10.0. The molecule has 0 N–H and O–H groups in total. The highest BCUT2D eigenvalue weighted by Crippen LogP contribution is 2.10. The summed E-state index contributed by atoms with van der Waals surface area (Å²) >= 11 is 0. The maximum absolute atomic E-state index is 10.6. The van der Waals surface area contributed by atoms with E-state index in [1.807, 2.05) is 24.3 Å². The Hall–Kier alpha value is -0.820. The summed E-state index contributed by atoms with van der Waals surface area (Å²) in [6.07, 6.45) is 2.13. The molecular weight excluding hydrogens is 136 g/mol. The molecule has 0 aliphatic rings. The normalized spacial score (nSPS) is 10.0. The van der Waals surface area contributed by atoms with Gasteiger partial charge in [0.05, 0.1) is 0 Å². The van der Waals surface area contributed by atoms with Crippen molar-refractivity contribution in [2.75, 3.05) is 0 Å². The van der Waals surface area contributed by atoms with Crippen LogP contribution in [0.5, 0.6) is 0 Å². The molecule has 1 aromatic carbocycles. The third-order valence-corrected chi connectivity index (χ3v) is 1.79. The third kappa shape index (κ3) is 2.05. The standard InChI is InChI=1S/C10H13O/c1-2-5-9-6-3-4-7-10(9)8-11/h3-4,6-7H,2,5,8H2,1H3.